The monoisotopic (exact) mass is 420 g/mol. The van der Waals surface area contributed by atoms with Gasteiger partial charge in [0, 0.05) is 17.4 Å². The Morgan fingerprint density at radius 2 is 2.00 bits per heavy atom. The van der Waals surface area contributed by atoms with E-state index in [2.05, 4.69) is 21.2 Å². The number of benzene rings is 2. The van der Waals surface area contributed by atoms with Crippen LogP contribution in [0, 0.1) is 5.92 Å². The third kappa shape index (κ3) is 4.05. The lowest BCUT2D eigenvalue weighted by Crippen LogP contribution is -2.30. The van der Waals surface area contributed by atoms with Crippen LogP contribution in [0.3, 0.4) is 0 Å². The molecule has 1 aliphatic rings. The first-order valence-electron chi connectivity index (χ1n) is 8.06. The number of rotatable bonds is 4. The SMILES string of the molecule is C[C@H](c1ccccc1)N1C[C@H](C(=O)Nc2ccc(Br)cc2Cl)CC1=O. The van der Waals surface area contributed by atoms with Gasteiger partial charge in [0.05, 0.1) is 22.7 Å². The lowest BCUT2D eigenvalue weighted by Gasteiger charge is -2.25. The number of hydrogen-bond donors (Lipinski definition) is 1. The van der Waals surface area contributed by atoms with Crippen LogP contribution < -0.4 is 5.32 Å². The molecule has 2 aromatic carbocycles. The van der Waals surface area contributed by atoms with Gasteiger partial charge in [0.1, 0.15) is 0 Å². The Morgan fingerprint density at radius 3 is 2.68 bits per heavy atom. The molecule has 0 saturated carbocycles. The van der Waals surface area contributed by atoms with Gasteiger partial charge in [-0.25, -0.2) is 0 Å². The number of hydrogen-bond acceptors (Lipinski definition) is 2. The number of carbonyl (C=O) groups is 2. The van der Waals surface area contributed by atoms with Gasteiger partial charge in [-0.15, -0.1) is 0 Å². The second-order valence-corrected chi connectivity index (χ2v) is 7.47. The second kappa shape index (κ2) is 7.58. The van der Waals surface area contributed by atoms with Crippen LogP contribution >= 0.6 is 27.5 Å². The van der Waals surface area contributed by atoms with Crippen LogP contribution in [0.2, 0.25) is 5.02 Å². The summed E-state index contributed by atoms with van der Waals surface area (Å²) >= 11 is 9.48. The molecule has 0 unspecified atom stereocenters. The summed E-state index contributed by atoms with van der Waals surface area (Å²) in [6, 6.07) is 15.1. The molecule has 4 nitrogen and oxygen atoms in total. The molecule has 3 rings (SSSR count). The molecule has 1 heterocycles. The average molecular weight is 422 g/mol. The molecule has 2 aromatic rings. The van der Waals surface area contributed by atoms with Crippen molar-refractivity contribution in [1.82, 2.24) is 4.90 Å². The molecule has 25 heavy (non-hydrogen) atoms. The molecular weight excluding hydrogens is 404 g/mol. The zero-order valence-electron chi connectivity index (χ0n) is 13.7. The van der Waals surface area contributed by atoms with Gasteiger partial charge in [0.15, 0.2) is 0 Å². The molecule has 0 aliphatic carbocycles. The summed E-state index contributed by atoms with van der Waals surface area (Å²) in [6.07, 6.45) is 0.219. The minimum atomic E-state index is -0.377. The third-order valence-electron chi connectivity index (χ3n) is 4.47. The molecule has 0 spiro atoms. The summed E-state index contributed by atoms with van der Waals surface area (Å²) in [6.45, 7) is 2.40. The number of nitrogens with zero attached hydrogens (tertiary/aromatic N) is 1. The van der Waals surface area contributed by atoms with Crippen molar-refractivity contribution in [2.24, 2.45) is 5.92 Å². The highest BCUT2D eigenvalue weighted by molar-refractivity contribution is 9.10. The largest absolute Gasteiger partial charge is 0.335 e. The molecule has 2 atom stereocenters. The summed E-state index contributed by atoms with van der Waals surface area (Å²) in [5.41, 5.74) is 1.62. The standard InChI is InChI=1S/C19H18BrClN2O2/c1-12(13-5-3-2-4-6-13)23-11-14(9-18(23)24)19(25)22-17-8-7-15(20)10-16(17)21/h2-8,10,12,14H,9,11H2,1H3,(H,22,25)/t12-,14-/m1/s1. The molecule has 2 amide bonds. The predicted molar refractivity (Wildman–Crippen MR) is 102 cm³/mol. The fraction of sp³-hybridized carbons (Fsp3) is 0.263. The molecule has 0 bridgehead atoms. The van der Waals surface area contributed by atoms with Gasteiger partial charge in [0.2, 0.25) is 11.8 Å². The second-order valence-electron chi connectivity index (χ2n) is 6.15. The first-order chi connectivity index (χ1) is 12.0. The first-order valence-corrected chi connectivity index (χ1v) is 9.23. The minimum absolute atomic E-state index is 0.00148. The number of likely N-dealkylation sites (tertiary alicyclic amines) is 1. The van der Waals surface area contributed by atoms with Crippen molar-refractivity contribution in [1.29, 1.82) is 0 Å². The lowest BCUT2D eigenvalue weighted by atomic mass is 10.1. The van der Waals surface area contributed by atoms with Crippen LogP contribution in [-0.4, -0.2) is 23.3 Å². The molecule has 1 aliphatic heterocycles. The highest BCUT2D eigenvalue weighted by Crippen LogP contribution is 2.30. The Labute approximate surface area is 160 Å². The number of anilines is 1. The van der Waals surface area contributed by atoms with Gasteiger partial charge in [-0.05, 0) is 30.7 Å². The van der Waals surface area contributed by atoms with E-state index in [1.54, 1.807) is 17.0 Å². The Morgan fingerprint density at radius 1 is 1.28 bits per heavy atom. The van der Waals surface area contributed by atoms with Crippen molar-refractivity contribution in [2.45, 2.75) is 19.4 Å². The fourth-order valence-electron chi connectivity index (χ4n) is 3.02. The molecule has 1 saturated heterocycles. The summed E-state index contributed by atoms with van der Waals surface area (Å²) in [7, 11) is 0. The van der Waals surface area contributed by atoms with E-state index in [9.17, 15) is 9.59 Å². The summed E-state index contributed by atoms with van der Waals surface area (Å²) in [5.74, 6) is -0.558. The van der Waals surface area contributed by atoms with Gasteiger partial charge in [0.25, 0.3) is 0 Å². The van der Waals surface area contributed by atoms with Gasteiger partial charge in [-0.2, -0.15) is 0 Å². The molecule has 6 heteroatoms. The summed E-state index contributed by atoms with van der Waals surface area (Å²) in [5, 5.41) is 3.29. The topological polar surface area (TPSA) is 49.4 Å². The minimum Gasteiger partial charge on any atom is -0.335 e. The lowest BCUT2D eigenvalue weighted by molar-refractivity contribution is -0.129. The Bertz CT molecular complexity index is 797. The zero-order chi connectivity index (χ0) is 18.0. The van der Waals surface area contributed by atoms with E-state index in [-0.39, 0.29) is 30.2 Å². The maximum absolute atomic E-state index is 12.5. The van der Waals surface area contributed by atoms with Crippen LogP contribution in [0.25, 0.3) is 0 Å². The average Bonchev–Trinajstić information content (AvgIpc) is 2.99. The zero-order valence-corrected chi connectivity index (χ0v) is 16.0. The van der Waals surface area contributed by atoms with E-state index in [0.29, 0.717) is 17.3 Å². The molecule has 0 aromatic heterocycles. The molecule has 0 radical (unpaired) electrons. The normalized spacial score (nSPS) is 18.3. The van der Waals surface area contributed by atoms with Crippen molar-refractivity contribution in [2.75, 3.05) is 11.9 Å². The van der Waals surface area contributed by atoms with Gasteiger partial charge >= 0.3 is 0 Å². The van der Waals surface area contributed by atoms with Crippen LogP contribution in [0.4, 0.5) is 5.69 Å². The van der Waals surface area contributed by atoms with Gasteiger partial charge < -0.3 is 10.2 Å². The third-order valence-corrected chi connectivity index (χ3v) is 5.27. The maximum Gasteiger partial charge on any atom is 0.229 e. The summed E-state index contributed by atoms with van der Waals surface area (Å²) in [4.78, 5) is 26.7. The Balaban J connectivity index is 1.68. The number of amides is 2. The maximum atomic E-state index is 12.5. The molecule has 1 N–H and O–H groups in total. The van der Waals surface area contributed by atoms with Crippen LogP contribution in [0.15, 0.2) is 53.0 Å². The number of nitrogens with one attached hydrogen (secondary N) is 1. The van der Waals surface area contributed by atoms with Crippen molar-refractivity contribution in [3.05, 3.63) is 63.6 Å². The van der Waals surface area contributed by atoms with E-state index in [0.717, 1.165) is 10.0 Å². The number of halogens is 2. The van der Waals surface area contributed by atoms with E-state index in [4.69, 9.17) is 11.6 Å². The van der Waals surface area contributed by atoms with Gasteiger partial charge in [-0.3, -0.25) is 9.59 Å². The quantitative estimate of drug-likeness (QED) is 0.781. The van der Waals surface area contributed by atoms with E-state index >= 15 is 0 Å². The molecule has 130 valence electrons. The van der Waals surface area contributed by atoms with Crippen LogP contribution in [0.5, 0.6) is 0 Å². The Hall–Kier alpha value is -1.85. The highest BCUT2D eigenvalue weighted by Gasteiger charge is 2.37. The Kier molecular flexibility index (Phi) is 5.45. The van der Waals surface area contributed by atoms with Crippen LogP contribution in [-0.2, 0) is 9.59 Å². The predicted octanol–water partition coefficient (Wildman–Crippen LogP) is 4.65. The molecular formula is C19H18BrClN2O2. The van der Waals surface area contributed by atoms with Crippen molar-refractivity contribution in [3.8, 4) is 0 Å². The van der Waals surface area contributed by atoms with E-state index in [1.165, 1.54) is 0 Å². The van der Waals surface area contributed by atoms with Crippen molar-refractivity contribution < 1.29 is 9.59 Å². The molecule has 1 fully saturated rings. The van der Waals surface area contributed by atoms with E-state index < -0.39 is 0 Å². The van der Waals surface area contributed by atoms with Crippen LogP contribution in [0.1, 0.15) is 24.9 Å². The smallest absolute Gasteiger partial charge is 0.229 e. The number of carbonyl (C=O) groups excluding carboxylic acids is 2. The van der Waals surface area contributed by atoms with Gasteiger partial charge in [-0.1, -0.05) is 57.9 Å². The highest BCUT2D eigenvalue weighted by atomic mass is 79.9. The fourth-order valence-corrected chi connectivity index (χ4v) is 3.74. The van der Waals surface area contributed by atoms with Crippen molar-refractivity contribution in [3.63, 3.8) is 0 Å². The first kappa shape index (κ1) is 18.0. The van der Waals surface area contributed by atoms with E-state index in [1.807, 2.05) is 43.3 Å². The van der Waals surface area contributed by atoms with Crippen molar-refractivity contribution >= 4 is 45.0 Å². The summed E-state index contributed by atoms with van der Waals surface area (Å²) < 4.78 is 0.842.